The van der Waals surface area contributed by atoms with Gasteiger partial charge in [-0.2, -0.15) is 0 Å². The van der Waals surface area contributed by atoms with Crippen LogP contribution in [0.4, 0.5) is 13.2 Å². The molecular formula is C25H24F3N3O4. The molecule has 2 saturated heterocycles. The Balaban J connectivity index is 1.61. The topological polar surface area (TPSA) is 93.2 Å². The molecule has 2 aliphatic heterocycles. The van der Waals surface area contributed by atoms with Crippen LogP contribution in [0.15, 0.2) is 46.0 Å². The Hall–Kier alpha value is -3.40. The van der Waals surface area contributed by atoms with Crippen molar-refractivity contribution in [2.45, 2.75) is 50.8 Å². The molecule has 3 aliphatic rings. The molecule has 2 bridgehead atoms. The molecule has 0 spiro atoms. The predicted octanol–water partition coefficient (Wildman–Crippen LogP) is 3.48. The van der Waals surface area contributed by atoms with E-state index in [0.29, 0.717) is 25.7 Å². The van der Waals surface area contributed by atoms with E-state index in [4.69, 9.17) is 4.74 Å². The summed E-state index contributed by atoms with van der Waals surface area (Å²) in [6, 6.07) is 4.31. The van der Waals surface area contributed by atoms with Crippen LogP contribution in [0.25, 0.3) is 10.9 Å². The fourth-order valence-corrected chi connectivity index (χ4v) is 5.44. The SMILES string of the molecule is C[C@H](NC(=O)[C@@H](n1c(=O)[nH]c2ccc(F)cc2c1=O)C12CCC(CC1)OC2)c1ccc(F)cc1F. The van der Waals surface area contributed by atoms with E-state index in [1.165, 1.54) is 19.1 Å². The first-order valence-electron chi connectivity index (χ1n) is 11.5. The van der Waals surface area contributed by atoms with E-state index in [9.17, 15) is 27.6 Å². The van der Waals surface area contributed by atoms with Gasteiger partial charge in [0.15, 0.2) is 0 Å². The first-order valence-corrected chi connectivity index (χ1v) is 11.5. The minimum absolute atomic E-state index is 0.0569. The number of hydrogen-bond acceptors (Lipinski definition) is 4. The molecule has 2 atom stereocenters. The molecule has 3 fully saturated rings. The molecular weight excluding hydrogens is 463 g/mol. The highest BCUT2D eigenvalue weighted by Gasteiger charge is 2.51. The normalized spacial score (nSPS) is 23.3. The Labute approximate surface area is 197 Å². The molecule has 7 nitrogen and oxygen atoms in total. The average molecular weight is 487 g/mol. The van der Waals surface area contributed by atoms with Crippen LogP contribution in [0.5, 0.6) is 0 Å². The van der Waals surface area contributed by atoms with E-state index in [1.54, 1.807) is 0 Å². The van der Waals surface area contributed by atoms with E-state index in [2.05, 4.69) is 10.3 Å². The molecule has 1 saturated carbocycles. The highest BCUT2D eigenvalue weighted by molar-refractivity contribution is 5.83. The molecule has 1 aliphatic carbocycles. The monoisotopic (exact) mass is 487 g/mol. The molecule has 2 N–H and O–H groups in total. The smallest absolute Gasteiger partial charge is 0.329 e. The molecule has 35 heavy (non-hydrogen) atoms. The third-order valence-corrected chi connectivity index (χ3v) is 7.30. The lowest BCUT2D eigenvalue weighted by Gasteiger charge is -2.49. The van der Waals surface area contributed by atoms with Gasteiger partial charge in [0.05, 0.1) is 29.7 Å². The van der Waals surface area contributed by atoms with E-state index < -0.39 is 52.1 Å². The molecule has 10 heteroatoms. The lowest BCUT2D eigenvalue weighted by Crippen LogP contribution is -2.57. The number of aromatic nitrogens is 2. The summed E-state index contributed by atoms with van der Waals surface area (Å²) in [5.41, 5.74) is -2.25. The van der Waals surface area contributed by atoms with Crippen LogP contribution in [0, 0.1) is 22.9 Å². The van der Waals surface area contributed by atoms with Crippen molar-refractivity contribution in [2.75, 3.05) is 6.61 Å². The van der Waals surface area contributed by atoms with Gasteiger partial charge in [-0.25, -0.2) is 22.5 Å². The second-order valence-corrected chi connectivity index (χ2v) is 9.47. The van der Waals surface area contributed by atoms with Crippen LogP contribution in [0.3, 0.4) is 0 Å². The molecule has 3 heterocycles. The summed E-state index contributed by atoms with van der Waals surface area (Å²) in [5, 5.41) is 2.63. The Morgan fingerprint density at radius 3 is 2.46 bits per heavy atom. The Morgan fingerprint density at radius 1 is 1.11 bits per heavy atom. The second kappa shape index (κ2) is 8.67. The number of ether oxygens (including phenoxy) is 1. The number of carbonyl (C=O) groups excluding carboxylic acids is 1. The summed E-state index contributed by atoms with van der Waals surface area (Å²) in [6.45, 7) is 1.70. The van der Waals surface area contributed by atoms with Crippen LogP contribution in [-0.2, 0) is 9.53 Å². The first kappa shape index (κ1) is 23.3. The van der Waals surface area contributed by atoms with Crippen molar-refractivity contribution in [3.05, 3.63) is 80.3 Å². The molecule has 1 amide bonds. The predicted molar refractivity (Wildman–Crippen MR) is 121 cm³/mol. The van der Waals surface area contributed by atoms with Crippen molar-refractivity contribution in [3.63, 3.8) is 0 Å². The quantitative estimate of drug-likeness (QED) is 0.576. The number of halogens is 3. The van der Waals surface area contributed by atoms with Gasteiger partial charge in [0.25, 0.3) is 5.56 Å². The molecule has 3 aromatic rings. The van der Waals surface area contributed by atoms with E-state index >= 15 is 0 Å². The van der Waals surface area contributed by atoms with Gasteiger partial charge in [-0.05, 0) is 56.9 Å². The fraction of sp³-hybridized carbons (Fsp3) is 0.400. The van der Waals surface area contributed by atoms with Crippen molar-refractivity contribution < 1.29 is 22.7 Å². The largest absolute Gasteiger partial charge is 0.378 e. The van der Waals surface area contributed by atoms with Crippen LogP contribution in [-0.4, -0.2) is 28.2 Å². The van der Waals surface area contributed by atoms with Crippen LogP contribution < -0.4 is 16.6 Å². The van der Waals surface area contributed by atoms with Gasteiger partial charge in [0, 0.05) is 17.0 Å². The van der Waals surface area contributed by atoms with Crippen molar-refractivity contribution in [3.8, 4) is 0 Å². The third-order valence-electron chi connectivity index (χ3n) is 7.30. The summed E-state index contributed by atoms with van der Waals surface area (Å²) >= 11 is 0. The second-order valence-electron chi connectivity index (χ2n) is 9.47. The summed E-state index contributed by atoms with van der Waals surface area (Å²) in [7, 11) is 0. The van der Waals surface area contributed by atoms with Crippen molar-refractivity contribution in [1.29, 1.82) is 0 Å². The zero-order valence-electron chi connectivity index (χ0n) is 18.9. The maximum Gasteiger partial charge on any atom is 0.329 e. The Bertz CT molecular complexity index is 1410. The van der Waals surface area contributed by atoms with Gasteiger partial charge in [-0.3, -0.25) is 9.59 Å². The lowest BCUT2D eigenvalue weighted by molar-refractivity contribution is -0.155. The number of benzene rings is 2. The van der Waals surface area contributed by atoms with Gasteiger partial charge < -0.3 is 15.0 Å². The third kappa shape index (κ3) is 4.05. The number of H-pyrrole nitrogens is 1. The highest BCUT2D eigenvalue weighted by Crippen LogP contribution is 2.49. The van der Waals surface area contributed by atoms with Crippen LogP contribution in [0.1, 0.15) is 50.3 Å². The molecule has 0 radical (unpaired) electrons. The van der Waals surface area contributed by atoms with Crippen LogP contribution in [0.2, 0.25) is 0 Å². The number of nitrogens with one attached hydrogen (secondary N) is 2. The van der Waals surface area contributed by atoms with E-state index in [-0.39, 0.29) is 29.2 Å². The number of fused-ring (bicyclic) bond motifs is 4. The number of rotatable bonds is 5. The average Bonchev–Trinajstić information content (AvgIpc) is 2.83. The maximum atomic E-state index is 14.4. The number of nitrogens with zero attached hydrogens (tertiary/aromatic N) is 1. The van der Waals surface area contributed by atoms with Gasteiger partial charge in [-0.1, -0.05) is 6.07 Å². The van der Waals surface area contributed by atoms with Gasteiger partial charge >= 0.3 is 5.69 Å². The molecule has 1 aromatic heterocycles. The Kier molecular flexibility index (Phi) is 5.79. The fourth-order valence-electron chi connectivity index (χ4n) is 5.44. The van der Waals surface area contributed by atoms with E-state index in [1.807, 2.05) is 0 Å². The van der Waals surface area contributed by atoms with Crippen LogP contribution >= 0.6 is 0 Å². The molecule has 6 rings (SSSR count). The summed E-state index contributed by atoms with van der Waals surface area (Å²) < 4.78 is 48.4. The van der Waals surface area contributed by atoms with Crippen molar-refractivity contribution in [1.82, 2.24) is 14.9 Å². The first-order chi connectivity index (χ1) is 16.7. The van der Waals surface area contributed by atoms with E-state index in [0.717, 1.165) is 28.8 Å². The zero-order valence-corrected chi connectivity index (χ0v) is 18.9. The maximum absolute atomic E-state index is 14.4. The van der Waals surface area contributed by atoms with Gasteiger partial charge in [0.2, 0.25) is 5.91 Å². The lowest BCUT2D eigenvalue weighted by atomic mass is 9.66. The molecule has 0 unspecified atom stereocenters. The zero-order chi connectivity index (χ0) is 24.9. The number of amides is 1. The van der Waals surface area contributed by atoms with Crippen molar-refractivity contribution >= 4 is 16.8 Å². The molecule has 184 valence electrons. The number of carbonyl (C=O) groups is 1. The minimum Gasteiger partial charge on any atom is -0.378 e. The standard InChI is InChI=1S/C25H24F3N3O4/c1-13(17-4-2-15(27)11-19(17)28)29-22(32)21(25-8-6-16(7-9-25)35-12-25)31-23(33)18-10-14(26)3-5-20(18)30-24(31)34/h2-5,10-11,13,16,21H,6-9,12H2,1H3,(H,29,32)(H,30,34)/t13-,16?,21+,25?/m0/s1. The number of hydrogen-bond donors (Lipinski definition) is 2. The Morgan fingerprint density at radius 2 is 1.80 bits per heavy atom. The van der Waals surface area contributed by atoms with Crippen molar-refractivity contribution in [2.24, 2.45) is 5.41 Å². The number of aromatic amines is 1. The van der Waals surface area contributed by atoms with Gasteiger partial charge in [-0.15, -0.1) is 0 Å². The summed E-state index contributed by atoms with van der Waals surface area (Å²) in [6.07, 6.45) is 2.49. The van der Waals surface area contributed by atoms with Gasteiger partial charge in [0.1, 0.15) is 23.5 Å². The summed E-state index contributed by atoms with van der Waals surface area (Å²) in [4.78, 5) is 42.9. The molecule has 2 aromatic carbocycles. The summed E-state index contributed by atoms with van der Waals surface area (Å²) in [5.74, 6) is -2.91. The minimum atomic E-state index is -1.28. The highest BCUT2D eigenvalue weighted by atomic mass is 19.1.